The third-order valence-electron chi connectivity index (χ3n) is 2.98. The molecule has 0 aromatic carbocycles. The van der Waals surface area contributed by atoms with Crippen LogP contribution in [0.5, 0.6) is 0 Å². The Hall–Kier alpha value is -0.823. The van der Waals surface area contributed by atoms with Crippen LogP contribution in [0.4, 0.5) is 0 Å². The molecule has 0 aromatic rings. The first-order valence-electron chi connectivity index (χ1n) is 6.32. The Kier molecular flexibility index (Phi) is 5.90. The van der Waals surface area contributed by atoms with Crippen molar-refractivity contribution in [2.45, 2.75) is 71.4 Å². The zero-order chi connectivity index (χ0) is 13.8. The second kappa shape index (κ2) is 6.20. The maximum absolute atomic E-state index is 12.2. The summed E-state index contributed by atoms with van der Waals surface area (Å²) in [4.78, 5) is 14.1. The smallest absolute Gasteiger partial charge is 0.224 e. The highest BCUT2D eigenvalue weighted by molar-refractivity contribution is 6.78. The van der Waals surface area contributed by atoms with Gasteiger partial charge in [-0.1, -0.05) is 19.6 Å². The Morgan fingerprint density at radius 1 is 1.18 bits per heavy atom. The molecule has 0 aliphatic heterocycles. The molecule has 98 valence electrons. The van der Waals surface area contributed by atoms with Crippen molar-refractivity contribution in [1.29, 1.82) is 5.26 Å². The number of carbonyl (C=O) groups is 1. The van der Waals surface area contributed by atoms with E-state index in [1.807, 2.05) is 32.6 Å². The number of hydrogen-bond acceptors (Lipinski definition) is 2. The zero-order valence-electron chi connectivity index (χ0n) is 12.2. The van der Waals surface area contributed by atoms with Gasteiger partial charge in [0.15, 0.2) is 0 Å². The summed E-state index contributed by atoms with van der Waals surface area (Å²) >= 11 is 0. The lowest BCUT2D eigenvalue weighted by Gasteiger charge is -2.33. The molecule has 0 rings (SSSR count). The molecule has 17 heavy (non-hydrogen) atoms. The van der Waals surface area contributed by atoms with E-state index in [2.05, 4.69) is 25.7 Å². The van der Waals surface area contributed by atoms with E-state index >= 15 is 0 Å². The van der Waals surface area contributed by atoms with E-state index in [9.17, 15) is 10.1 Å². The van der Waals surface area contributed by atoms with Gasteiger partial charge in [-0.15, -0.1) is 0 Å². The van der Waals surface area contributed by atoms with Crippen LogP contribution >= 0.6 is 0 Å². The second-order valence-electron chi connectivity index (χ2n) is 6.24. The quantitative estimate of drug-likeness (QED) is 0.707. The van der Waals surface area contributed by atoms with Gasteiger partial charge >= 0.3 is 0 Å². The summed E-state index contributed by atoms with van der Waals surface area (Å²) in [5.74, 6) is 0.115. The maximum atomic E-state index is 12.2. The van der Waals surface area contributed by atoms with Gasteiger partial charge in [0.1, 0.15) is 0 Å². The largest absolute Gasteiger partial charge is 0.338 e. The van der Waals surface area contributed by atoms with Crippen molar-refractivity contribution in [3.63, 3.8) is 0 Å². The lowest BCUT2D eigenvalue weighted by atomic mass is 10.2. The predicted octanol–water partition coefficient (Wildman–Crippen LogP) is 3.25. The molecule has 0 fully saturated rings. The Morgan fingerprint density at radius 3 is 1.82 bits per heavy atom. The molecule has 0 aliphatic carbocycles. The molecule has 1 amide bonds. The topological polar surface area (TPSA) is 44.1 Å². The molecule has 0 aromatic heterocycles. The first kappa shape index (κ1) is 16.2. The highest BCUT2D eigenvalue weighted by Crippen LogP contribution is 2.26. The van der Waals surface area contributed by atoms with Gasteiger partial charge in [-0.05, 0) is 27.7 Å². The van der Waals surface area contributed by atoms with Gasteiger partial charge in [-0.3, -0.25) is 4.79 Å². The van der Waals surface area contributed by atoms with Crippen LogP contribution in [-0.4, -0.2) is 31.0 Å². The van der Waals surface area contributed by atoms with E-state index in [-0.39, 0.29) is 23.5 Å². The number of nitriles is 1. The Morgan fingerprint density at radius 2 is 1.59 bits per heavy atom. The van der Waals surface area contributed by atoms with E-state index in [0.717, 1.165) is 0 Å². The summed E-state index contributed by atoms with van der Waals surface area (Å²) in [6.07, 6.45) is 0.378. The fourth-order valence-electron chi connectivity index (χ4n) is 2.00. The van der Waals surface area contributed by atoms with Crippen molar-refractivity contribution in [2.24, 2.45) is 0 Å². The first-order valence-corrected chi connectivity index (χ1v) is 9.89. The van der Waals surface area contributed by atoms with Crippen molar-refractivity contribution in [3.05, 3.63) is 0 Å². The van der Waals surface area contributed by atoms with Gasteiger partial charge in [0.25, 0.3) is 0 Å². The van der Waals surface area contributed by atoms with Crippen LogP contribution < -0.4 is 0 Å². The van der Waals surface area contributed by atoms with E-state index in [0.29, 0.717) is 6.42 Å². The molecule has 0 aliphatic rings. The van der Waals surface area contributed by atoms with Crippen LogP contribution in [0.2, 0.25) is 25.2 Å². The Bertz CT molecular complexity index is 292. The van der Waals surface area contributed by atoms with Gasteiger partial charge in [0.05, 0.1) is 14.1 Å². The van der Waals surface area contributed by atoms with E-state index in [4.69, 9.17) is 0 Å². The monoisotopic (exact) mass is 254 g/mol. The molecule has 0 saturated heterocycles. The molecule has 4 heteroatoms. The highest BCUT2D eigenvalue weighted by Gasteiger charge is 2.31. The maximum Gasteiger partial charge on any atom is 0.224 e. The fourth-order valence-corrected chi connectivity index (χ4v) is 3.17. The lowest BCUT2D eigenvalue weighted by Crippen LogP contribution is -2.43. The fraction of sp³-hybridized carbons (Fsp3) is 0.846. The van der Waals surface area contributed by atoms with Gasteiger partial charge < -0.3 is 4.90 Å². The molecule has 0 N–H and O–H groups in total. The van der Waals surface area contributed by atoms with Crippen LogP contribution in [0.25, 0.3) is 0 Å². The van der Waals surface area contributed by atoms with Gasteiger partial charge in [-0.2, -0.15) is 5.26 Å². The molecule has 0 spiro atoms. The number of nitrogens with zero attached hydrogens (tertiary/aromatic N) is 2. The van der Waals surface area contributed by atoms with Gasteiger partial charge in [-0.25, -0.2) is 0 Å². The average molecular weight is 254 g/mol. The molecule has 0 bridgehead atoms. The minimum Gasteiger partial charge on any atom is -0.338 e. The summed E-state index contributed by atoms with van der Waals surface area (Å²) in [5, 5.41) is 9.18. The molecular formula is C13H26N2OSi. The summed E-state index contributed by atoms with van der Waals surface area (Å²) in [6, 6.07) is 2.72. The number of rotatable bonds is 5. The molecule has 0 saturated carbocycles. The average Bonchev–Trinajstić information content (AvgIpc) is 2.10. The van der Waals surface area contributed by atoms with E-state index < -0.39 is 8.07 Å². The molecule has 0 radical (unpaired) electrons. The molecule has 0 heterocycles. The van der Waals surface area contributed by atoms with Crippen LogP contribution in [0, 0.1) is 11.3 Å². The van der Waals surface area contributed by atoms with Crippen LogP contribution in [-0.2, 0) is 4.79 Å². The van der Waals surface area contributed by atoms with Crippen molar-refractivity contribution in [1.82, 2.24) is 4.90 Å². The molecular weight excluding hydrogens is 228 g/mol. The number of amides is 1. The Labute approximate surface area is 107 Å². The molecule has 1 atom stereocenters. The SMILES string of the molecule is CC(C)N(C(=O)CC(C#N)[Si](C)(C)C)C(C)C. The van der Waals surface area contributed by atoms with E-state index in [1.165, 1.54) is 0 Å². The van der Waals surface area contributed by atoms with Gasteiger partial charge in [0, 0.05) is 24.0 Å². The van der Waals surface area contributed by atoms with Gasteiger partial charge in [0.2, 0.25) is 5.91 Å². The summed E-state index contributed by atoms with van der Waals surface area (Å²) in [6.45, 7) is 14.5. The molecule has 1 unspecified atom stereocenters. The second-order valence-corrected chi connectivity index (χ2v) is 11.7. The molecule has 3 nitrogen and oxygen atoms in total. The highest BCUT2D eigenvalue weighted by atomic mass is 28.3. The summed E-state index contributed by atoms with van der Waals surface area (Å²) in [7, 11) is -1.57. The minimum atomic E-state index is -1.57. The van der Waals surface area contributed by atoms with Crippen molar-refractivity contribution in [2.75, 3.05) is 0 Å². The van der Waals surface area contributed by atoms with Crippen LogP contribution in [0.1, 0.15) is 34.1 Å². The Balaban J connectivity index is 4.78. The standard InChI is InChI=1S/C13H26N2OSi/c1-10(2)15(11(3)4)13(16)8-12(9-14)17(5,6)7/h10-12H,8H2,1-7H3. The van der Waals surface area contributed by atoms with Crippen LogP contribution in [0.15, 0.2) is 0 Å². The lowest BCUT2D eigenvalue weighted by molar-refractivity contribution is -0.134. The number of hydrogen-bond donors (Lipinski definition) is 0. The normalized spacial score (nSPS) is 13.6. The summed E-state index contributed by atoms with van der Waals surface area (Å²) in [5.41, 5.74) is -0.0880. The summed E-state index contributed by atoms with van der Waals surface area (Å²) < 4.78 is 0. The van der Waals surface area contributed by atoms with Crippen molar-refractivity contribution >= 4 is 14.0 Å². The van der Waals surface area contributed by atoms with Crippen molar-refractivity contribution < 1.29 is 4.79 Å². The minimum absolute atomic E-state index is 0.0880. The van der Waals surface area contributed by atoms with E-state index in [1.54, 1.807) is 0 Å². The first-order chi connectivity index (χ1) is 7.61. The third-order valence-corrected chi connectivity index (χ3v) is 5.40. The third kappa shape index (κ3) is 4.91. The predicted molar refractivity (Wildman–Crippen MR) is 74.4 cm³/mol. The number of carbonyl (C=O) groups excluding carboxylic acids is 1. The van der Waals surface area contributed by atoms with Crippen LogP contribution in [0.3, 0.4) is 0 Å². The zero-order valence-corrected chi connectivity index (χ0v) is 13.2. The van der Waals surface area contributed by atoms with Crippen molar-refractivity contribution in [3.8, 4) is 6.07 Å².